The fourth-order valence-electron chi connectivity index (χ4n) is 0.777. The number of nitro groups is 1. The summed E-state index contributed by atoms with van der Waals surface area (Å²) in [5.74, 6) is 6.31. The first-order chi connectivity index (χ1) is 6.74. The second-order valence-corrected chi connectivity index (χ2v) is 2.88. The third kappa shape index (κ3) is 3.07. The van der Waals surface area contributed by atoms with Crippen LogP contribution in [0.25, 0.3) is 0 Å². The predicted molar refractivity (Wildman–Crippen MR) is 56.2 cm³/mol. The molecule has 0 atom stereocenters. The molecule has 0 saturated heterocycles. The molecule has 0 fully saturated rings. The average molecular weight is 208 g/mol. The maximum absolute atomic E-state index is 10.3. The van der Waals surface area contributed by atoms with E-state index in [0.717, 1.165) is 0 Å². The summed E-state index contributed by atoms with van der Waals surface area (Å²) in [6.45, 7) is 0. The van der Waals surface area contributed by atoms with Crippen LogP contribution < -0.4 is 0 Å². The van der Waals surface area contributed by atoms with Crippen molar-refractivity contribution >= 4 is 18.3 Å². The number of rotatable bonds is 2. The molecule has 0 aliphatic carbocycles. The maximum atomic E-state index is 10.3. The predicted octanol–water partition coefficient (Wildman–Crippen LogP) is 1.66. The highest BCUT2D eigenvalue weighted by atomic mass is 32.1. The van der Waals surface area contributed by atoms with Gasteiger partial charge in [0.15, 0.2) is 0 Å². The van der Waals surface area contributed by atoms with Gasteiger partial charge in [-0.2, -0.15) is 12.6 Å². The molecular weight excluding hydrogens is 200 g/mol. The molecule has 1 aromatic rings. The SMILES string of the molecule is O=[N+]([O-])c1ccc(C#CCCS)nc1. The summed E-state index contributed by atoms with van der Waals surface area (Å²) in [5.41, 5.74) is 0.516. The summed E-state index contributed by atoms with van der Waals surface area (Å²) in [6, 6.07) is 2.92. The molecule has 72 valence electrons. The summed E-state index contributed by atoms with van der Waals surface area (Å²) in [6.07, 6.45) is 1.88. The topological polar surface area (TPSA) is 56.0 Å². The first-order valence-corrected chi connectivity index (χ1v) is 4.57. The van der Waals surface area contributed by atoms with Crippen LogP contribution in [0.1, 0.15) is 12.1 Å². The number of hydrogen-bond acceptors (Lipinski definition) is 4. The zero-order valence-corrected chi connectivity index (χ0v) is 8.20. The zero-order chi connectivity index (χ0) is 10.4. The fraction of sp³-hybridized carbons (Fsp3) is 0.222. The Hall–Kier alpha value is -1.54. The molecule has 4 nitrogen and oxygen atoms in total. The van der Waals surface area contributed by atoms with Gasteiger partial charge >= 0.3 is 0 Å². The van der Waals surface area contributed by atoms with Crippen molar-refractivity contribution in [3.8, 4) is 11.8 Å². The molecule has 5 heteroatoms. The molecule has 0 bridgehead atoms. The second kappa shape index (κ2) is 5.25. The molecule has 0 saturated carbocycles. The molecule has 0 aliphatic rings. The number of aromatic nitrogens is 1. The minimum atomic E-state index is -0.488. The Morgan fingerprint density at radius 2 is 2.36 bits per heavy atom. The smallest absolute Gasteiger partial charge is 0.258 e. The van der Waals surface area contributed by atoms with Crippen LogP contribution in [0.4, 0.5) is 5.69 Å². The normalized spacial score (nSPS) is 8.93. The fourth-order valence-corrected chi connectivity index (χ4v) is 0.889. The van der Waals surface area contributed by atoms with E-state index >= 15 is 0 Å². The van der Waals surface area contributed by atoms with E-state index in [0.29, 0.717) is 17.9 Å². The third-order valence-electron chi connectivity index (χ3n) is 1.41. The molecule has 0 radical (unpaired) electrons. The minimum Gasteiger partial charge on any atom is -0.258 e. The van der Waals surface area contributed by atoms with Crippen LogP contribution in [0.15, 0.2) is 18.3 Å². The van der Waals surface area contributed by atoms with Gasteiger partial charge in [-0.15, -0.1) is 0 Å². The van der Waals surface area contributed by atoms with Gasteiger partial charge in [0.05, 0.1) is 4.92 Å². The van der Waals surface area contributed by atoms with Gasteiger partial charge in [0.1, 0.15) is 11.9 Å². The Labute approximate surface area is 86.9 Å². The number of nitrogens with zero attached hydrogens (tertiary/aromatic N) is 2. The number of thiol groups is 1. The van der Waals surface area contributed by atoms with Gasteiger partial charge in [0.25, 0.3) is 5.69 Å². The molecule has 1 rings (SSSR count). The van der Waals surface area contributed by atoms with E-state index in [4.69, 9.17) is 0 Å². The van der Waals surface area contributed by atoms with Crippen LogP contribution >= 0.6 is 12.6 Å². The van der Waals surface area contributed by atoms with Crippen molar-refractivity contribution in [1.29, 1.82) is 0 Å². The largest absolute Gasteiger partial charge is 0.287 e. The number of hydrogen-bond donors (Lipinski definition) is 1. The van der Waals surface area contributed by atoms with Gasteiger partial charge in [-0.3, -0.25) is 10.1 Å². The van der Waals surface area contributed by atoms with Crippen LogP contribution in [0, 0.1) is 22.0 Å². The lowest BCUT2D eigenvalue weighted by molar-refractivity contribution is -0.385. The van der Waals surface area contributed by atoms with Gasteiger partial charge in [-0.25, -0.2) is 4.98 Å². The van der Waals surface area contributed by atoms with E-state index in [1.165, 1.54) is 18.3 Å². The van der Waals surface area contributed by atoms with Gasteiger partial charge in [-0.1, -0.05) is 5.92 Å². The lowest BCUT2D eigenvalue weighted by Crippen LogP contribution is -1.89. The Morgan fingerprint density at radius 3 is 2.86 bits per heavy atom. The van der Waals surface area contributed by atoms with E-state index < -0.39 is 4.92 Å². The molecule has 0 aliphatic heterocycles. The molecule has 1 heterocycles. The van der Waals surface area contributed by atoms with Crippen molar-refractivity contribution in [1.82, 2.24) is 4.98 Å². The van der Waals surface area contributed by atoms with Crippen molar-refractivity contribution < 1.29 is 4.92 Å². The van der Waals surface area contributed by atoms with Crippen LogP contribution in [-0.4, -0.2) is 15.7 Å². The summed E-state index contributed by atoms with van der Waals surface area (Å²) in [4.78, 5) is 13.6. The van der Waals surface area contributed by atoms with Gasteiger partial charge in [0, 0.05) is 18.2 Å². The van der Waals surface area contributed by atoms with Crippen LogP contribution in [-0.2, 0) is 0 Å². The first kappa shape index (κ1) is 10.5. The highest BCUT2D eigenvalue weighted by Crippen LogP contribution is 2.07. The van der Waals surface area contributed by atoms with E-state index in [2.05, 4.69) is 29.5 Å². The Balaban J connectivity index is 2.75. The van der Waals surface area contributed by atoms with Gasteiger partial charge in [0.2, 0.25) is 0 Å². The van der Waals surface area contributed by atoms with E-state index in [1.807, 2.05) is 0 Å². The zero-order valence-electron chi connectivity index (χ0n) is 7.30. The highest BCUT2D eigenvalue weighted by molar-refractivity contribution is 7.80. The molecule has 0 amide bonds. The monoisotopic (exact) mass is 208 g/mol. The average Bonchev–Trinajstić information content (AvgIpc) is 2.19. The Morgan fingerprint density at radius 1 is 1.57 bits per heavy atom. The molecule has 0 spiro atoms. The summed E-state index contributed by atoms with van der Waals surface area (Å²) >= 11 is 4.00. The minimum absolute atomic E-state index is 0.0234. The van der Waals surface area contributed by atoms with E-state index in [1.54, 1.807) is 0 Å². The molecule has 1 aromatic heterocycles. The number of pyridine rings is 1. The van der Waals surface area contributed by atoms with Crippen LogP contribution in [0.5, 0.6) is 0 Å². The third-order valence-corrected chi connectivity index (χ3v) is 1.64. The second-order valence-electron chi connectivity index (χ2n) is 2.43. The molecule has 0 aromatic carbocycles. The van der Waals surface area contributed by atoms with E-state index in [9.17, 15) is 10.1 Å². The highest BCUT2D eigenvalue weighted by Gasteiger charge is 2.03. The van der Waals surface area contributed by atoms with Crippen molar-refractivity contribution in [3.05, 3.63) is 34.1 Å². The van der Waals surface area contributed by atoms with E-state index in [-0.39, 0.29) is 5.69 Å². The van der Waals surface area contributed by atoms with Gasteiger partial charge < -0.3 is 0 Å². The van der Waals surface area contributed by atoms with Crippen molar-refractivity contribution in [3.63, 3.8) is 0 Å². The van der Waals surface area contributed by atoms with Crippen molar-refractivity contribution in [2.45, 2.75) is 6.42 Å². The van der Waals surface area contributed by atoms with Crippen LogP contribution in [0.2, 0.25) is 0 Å². The molecule has 14 heavy (non-hydrogen) atoms. The summed E-state index contributed by atoms with van der Waals surface area (Å²) in [5, 5.41) is 10.3. The molecule has 0 N–H and O–H groups in total. The Kier molecular flexibility index (Phi) is 3.95. The quantitative estimate of drug-likeness (QED) is 0.348. The Bertz CT molecular complexity index is 378. The van der Waals surface area contributed by atoms with Crippen molar-refractivity contribution in [2.75, 3.05) is 5.75 Å². The van der Waals surface area contributed by atoms with Crippen LogP contribution in [0.3, 0.4) is 0 Å². The summed E-state index contributed by atoms with van der Waals surface area (Å²) < 4.78 is 0. The molecular formula is C9H8N2O2S. The summed E-state index contributed by atoms with van der Waals surface area (Å²) in [7, 11) is 0. The maximum Gasteiger partial charge on any atom is 0.287 e. The lowest BCUT2D eigenvalue weighted by Gasteiger charge is -1.90. The standard InChI is InChI=1S/C9H8N2O2S/c12-11(13)9-5-4-8(10-7-9)3-1-2-6-14/h4-5,7,14H,2,6H2. The van der Waals surface area contributed by atoms with Crippen molar-refractivity contribution in [2.24, 2.45) is 0 Å². The first-order valence-electron chi connectivity index (χ1n) is 3.94. The lowest BCUT2D eigenvalue weighted by atomic mass is 10.3. The van der Waals surface area contributed by atoms with Gasteiger partial charge in [-0.05, 0) is 12.0 Å². The molecule has 0 unspecified atom stereocenters.